The van der Waals surface area contributed by atoms with Crippen LogP contribution in [0.2, 0.25) is 0 Å². The second-order valence-corrected chi connectivity index (χ2v) is 4.79. The fourth-order valence-corrected chi connectivity index (χ4v) is 2.05. The molecule has 4 heteroatoms. The van der Waals surface area contributed by atoms with Gasteiger partial charge in [0, 0.05) is 24.2 Å². The van der Waals surface area contributed by atoms with Gasteiger partial charge in [-0.3, -0.25) is 0 Å². The van der Waals surface area contributed by atoms with Crippen molar-refractivity contribution >= 4 is 16.6 Å². The van der Waals surface area contributed by atoms with Crippen molar-refractivity contribution in [2.45, 2.75) is 25.8 Å². The van der Waals surface area contributed by atoms with E-state index in [1.165, 1.54) is 0 Å². The highest BCUT2D eigenvalue weighted by molar-refractivity contribution is 5.92. The van der Waals surface area contributed by atoms with Crippen LogP contribution in [0.15, 0.2) is 30.5 Å². The first-order valence-electron chi connectivity index (χ1n) is 6.63. The maximum atomic E-state index is 5.74. The third-order valence-electron chi connectivity index (χ3n) is 3.10. The van der Waals surface area contributed by atoms with Gasteiger partial charge in [0.1, 0.15) is 11.6 Å². The van der Waals surface area contributed by atoms with Crippen LogP contribution < -0.4 is 15.8 Å². The van der Waals surface area contributed by atoms with E-state index in [0.717, 1.165) is 41.7 Å². The highest BCUT2D eigenvalue weighted by Crippen LogP contribution is 2.25. The van der Waals surface area contributed by atoms with Gasteiger partial charge < -0.3 is 15.8 Å². The summed E-state index contributed by atoms with van der Waals surface area (Å²) in [6, 6.07) is 8.27. The van der Waals surface area contributed by atoms with Gasteiger partial charge in [0.2, 0.25) is 0 Å². The number of nitrogens with two attached hydrogens (primary N) is 1. The first-order valence-corrected chi connectivity index (χ1v) is 6.63. The van der Waals surface area contributed by atoms with Gasteiger partial charge in [-0.1, -0.05) is 6.07 Å². The first-order chi connectivity index (χ1) is 9.20. The van der Waals surface area contributed by atoms with Gasteiger partial charge in [-0.05, 0) is 43.4 Å². The van der Waals surface area contributed by atoms with E-state index in [4.69, 9.17) is 10.5 Å². The van der Waals surface area contributed by atoms with E-state index in [1.54, 1.807) is 7.11 Å². The molecular weight excluding hydrogens is 238 g/mol. The summed E-state index contributed by atoms with van der Waals surface area (Å²) < 4.78 is 5.26. The number of hydrogen-bond donors (Lipinski definition) is 2. The zero-order valence-electron chi connectivity index (χ0n) is 11.5. The van der Waals surface area contributed by atoms with Crippen LogP contribution in [0, 0.1) is 0 Å². The van der Waals surface area contributed by atoms with Gasteiger partial charge in [0.15, 0.2) is 0 Å². The maximum Gasteiger partial charge on any atom is 0.133 e. The summed E-state index contributed by atoms with van der Waals surface area (Å²) in [4.78, 5) is 4.40. The molecule has 1 aromatic heterocycles. The molecule has 102 valence electrons. The molecule has 0 aliphatic carbocycles. The highest BCUT2D eigenvalue weighted by atomic mass is 16.5. The third kappa shape index (κ3) is 3.58. The molecule has 0 saturated carbocycles. The molecule has 0 saturated heterocycles. The maximum absolute atomic E-state index is 5.74. The molecule has 4 nitrogen and oxygen atoms in total. The van der Waals surface area contributed by atoms with Crippen molar-refractivity contribution in [3.63, 3.8) is 0 Å². The quantitative estimate of drug-likeness (QED) is 0.783. The van der Waals surface area contributed by atoms with Gasteiger partial charge in [-0.25, -0.2) is 4.98 Å². The number of benzene rings is 1. The van der Waals surface area contributed by atoms with Crippen LogP contribution in [0.3, 0.4) is 0 Å². The molecule has 1 aromatic carbocycles. The number of nitrogens with one attached hydrogen (secondary N) is 1. The molecule has 0 aliphatic rings. The van der Waals surface area contributed by atoms with Gasteiger partial charge in [0.05, 0.1) is 7.11 Å². The summed E-state index contributed by atoms with van der Waals surface area (Å²) in [7, 11) is 1.67. The number of ether oxygens (including phenoxy) is 1. The van der Waals surface area contributed by atoms with Crippen molar-refractivity contribution in [2.24, 2.45) is 5.73 Å². The SMILES string of the molecule is COc1ccc2ccnc(NCCCC(C)N)c2c1. The molecular formula is C15H21N3O. The number of nitrogens with zero attached hydrogens (tertiary/aromatic N) is 1. The minimum Gasteiger partial charge on any atom is -0.497 e. The number of rotatable bonds is 6. The standard InChI is InChI=1S/C15H21N3O/c1-11(16)4-3-8-17-15-14-10-13(19-2)6-5-12(14)7-9-18-15/h5-7,9-11H,3-4,8,16H2,1-2H3,(H,17,18). The summed E-state index contributed by atoms with van der Waals surface area (Å²) in [6.07, 6.45) is 3.88. The zero-order valence-corrected chi connectivity index (χ0v) is 11.5. The molecule has 0 amide bonds. The van der Waals surface area contributed by atoms with Crippen LogP contribution in [-0.4, -0.2) is 24.7 Å². The predicted octanol–water partition coefficient (Wildman–Crippen LogP) is 2.78. The van der Waals surface area contributed by atoms with E-state index >= 15 is 0 Å². The van der Waals surface area contributed by atoms with Crippen LogP contribution in [0.5, 0.6) is 5.75 Å². The van der Waals surface area contributed by atoms with Crippen molar-refractivity contribution < 1.29 is 4.74 Å². The Balaban J connectivity index is 2.13. The Hall–Kier alpha value is -1.81. The fourth-order valence-electron chi connectivity index (χ4n) is 2.05. The molecule has 0 bridgehead atoms. The highest BCUT2D eigenvalue weighted by Gasteiger charge is 2.03. The molecule has 0 fully saturated rings. The normalized spacial score (nSPS) is 12.4. The summed E-state index contributed by atoms with van der Waals surface area (Å²) in [5, 5.41) is 5.62. The van der Waals surface area contributed by atoms with E-state index in [0.29, 0.717) is 0 Å². The van der Waals surface area contributed by atoms with E-state index < -0.39 is 0 Å². The Bertz CT molecular complexity index is 540. The monoisotopic (exact) mass is 259 g/mol. The minimum atomic E-state index is 0.252. The molecule has 0 radical (unpaired) electrons. The summed E-state index contributed by atoms with van der Waals surface area (Å²) in [5.74, 6) is 1.75. The summed E-state index contributed by atoms with van der Waals surface area (Å²) in [5.41, 5.74) is 5.74. The van der Waals surface area contributed by atoms with Gasteiger partial charge >= 0.3 is 0 Å². The van der Waals surface area contributed by atoms with Gasteiger partial charge in [-0.2, -0.15) is 0 Å². The lowest BCUT2D eigenvalue weighted by atomic mass is 10.1. The lowest BCUT2D eigenvalue weighted by molar-refractivity contribution is 0.415. The van der Waals surface area contributed by atoms with E-state index in [9.17, 15) is 0 Å². The van der Waals surface area contributed by atoms with Crippen molar-refractivity contribution in [1.29, 1.82) is 0 Å². The lowest BCUT2D eigenvalue weighted by Crippen LogP contribution is -2.16. The third-order valence-corrected chi connectivity index (χ3v) is 3.10. The van der Waals surface area contributed by atoms with Crippen molar-refractivity contribution in [3.05, 3.63) is 30.5 Å². The summed E-state index contributed by atoms with van der Waals surface area (Å²) >= 11 is 0. The van der Waals surface area contributed by atoms with Crippen molar-refractivity contribution in [3.8, 4) is 5.75 Å². The molecule has 2 rings (SSSR count). The smallest absolute Gasteiger partial charge is 0.133 e. The second-order valence-electron chi connectivity index (χ2n) is 4.79. The molecule has 3 N–H and O–H groups in total. The molecule has 1 unspecified atom stereocenters. The predicted molar refractivity (Wildman–Crippen MR) is 79.7 cm³/mol. The number of anilines is 1. The van der Waals surface area contributed by atoms with Crippen LogP contribution in [0.4, 0.5) is 5.82 Å². The lowest BCUT2D eigenvalue weighted by Gasteiger charge is -2.10. The minimum absolute atomic E-state index is 0.252. The number of fused-ring (bicyclic) bond motifs is 1. The zero-order chi connectivity index (χ0) is 13.7. The number of hydrogen-bond acceptors (Lipinski definition) is 4. The van der Waals surface area contributed by atoms with Crippen molar-refractivity contribution in [1.82, 2.24) is 4.98 Å². The van der Waals surface area contributed by atoms with Crippen LogP contribution in [-0.2, 0) is 0 Å². The van der Waals surface area contributed by atoms with E-state index in [2.05, 4.69) is 10.3 Å². The van der Waals surface area contributed by atoms with Gasteiger partial charge in [-0.15, -0.1) is 0 Å². The van der Waals surface area contributed by atoms with Gasteiger partial charge in [0.25, 0.3) is 0 Å². The average Bonchev–Trinajstić information content (AvgIpc) is 2.43. The van der Waals surface area contributed by atoms with E-state index in [1.807, 2.05) is 37.4 Å². The molecule has 2 aromatic rings. The molecule has 0 aliphatic heterocycles. The Morgan fingerprint density at radius 1 is 1.37 bits per heavy atom. The number of aromatic nitrogens is 1. The Labute approximate surface area is 114 Å². The molecule has 1 heterocycles. The van der Waals surface area contributed by atoms with Crippen LogP contribution >= 0.6 is 0 Å². The van der Waals surface area contributed by atoms with Crippen LogP contribution in [0.1, 0.15) is 19.8 Å². The molecule has 19 heavy (non-hydrogen) atoms. The summed E-state index contributed by atoms with van der Waals surface area (Å²) in [6.45, 7) is 2.91. The largest absolute Gasteiger partial charge is 0.497 e. The fraction of sp³-hybridized carbons (Fsp3) is 0.400. The second kappa shape index (κ2) is 6.38. The molecule has 1 atom stereocenters. The Morgan fingerprint density at radius 3 is 2.95 bits per heavy atom. The Kier molecular flexibility index (Phi) is 4.58. The topological polar surface area (TPSA) is 60.2 Å². The van der Waals surface area contributed by atoms with E-state index in [-0.39, 0.29) is 6.04 Å². The molecule has 0 spiro atoms. The van der Waals surface area contributed by atoms with Crippen molar-refractivity contribution in [2.75, 3.05) is 19.0 Å². The Morgan fingerprint density at radius 2 is 2.21 bits per heavy atom. The number of pyridine rings is 1. The number of methoxy groups -OCH3 is 1. The van der Waals surface area contributed by atoms with Crippen LogP contribution in [0.25, 0.3) is 10.8 Å². The average molecular weight is 259 g/mol. The first kappa shape index (κ1) is 13.6.